The first kappa shape index (κ1) is 12.6. The predicted molar refractivity (Wildman–Crippen MR) is 67.7 cm³/mol. The van der Waals surface area contributed by atoms with Crippen LogP contribution in [0.15, 0.2) is 12.5 Å². The third-order valence-electron chi connectivity index (χ3n) is 3.67. The molecule has 4 nitrogen and oxygen atoms in total. The Hall–Kier alpha value is -0.870. The zero-order chi connectivity index (χ0) is 12.1. The maximum atomic E-state index is 9.54. The molecule has 17 heavy (non-hydrogen) atoms. The molecule has 1 aromatic heterocycles. The first-order valence-corrected chi connectivity index (χ1v) is 6.72. The van der Waals surface area contributed by atoms with Crippen molar-refractivity contribution in [3.63, 3.8) is 0 Å². The summed E-state index contributed by atoms with van der Waals surface area (Å²) in [7, 11) is 0. The van der Waals surface area contributed by atoms with Gasteiger partial charge in [-0.2, -0.15) is 0 Å². The van der Waals surface area contributed by atoms with Gasteiger partial charge < -0.3 is 15.0 Å². The van der Waals surface area contributed by atoms with Crippen LogP contribution < -0.4 is 5.32 Å². The van der Waals surface area contributed by atoms with Crippen molar-refractivity contribution in [2.24, 2.45) is 0 Å². The van der Waals surface area contributed by atoms with Crippen LogP contribution in [-0.4, -0.2) is 27.3 Å². The molecular weight excluding hydrogens is 214 g/mol. The van der Waals surface area contributed by atoms with Crippen LogP contribution in [0.3, 0.4) is 0 Å². The maximum Gasteiger partial charge on any atom is 0.0948 e. The molecule has 96 valence electrons. The van der Waals surface area contributed by atoms with Gasteiger partial charge in [0.15, 0.2) is 0 Å². The number of aliphatic hydroxyl groups is 1. The highest BCUT2D eigenvalue weighted by atomic mass is 16.3. The van der Waals surface area contributed by atoms with Crippen LogP contribution in [0.25, 0.3) is 0 Å². The minimum atomic E-state index is 0.0283. The van der Waals surface area contributed by atoms with E-state index in [1.54, 1.807) is 0 Å². The van der Waals surface area contributed by atoms with E-state index in [1.165, 1.54) is 32.1 Å². The highest BCUT2D eigenvalue weighted by Gasteiger charge is 2.20. The molecule has 0 bridgehead atoms. The largest absolute Gasteiger partial charge is 0.394 e. The van der Waals surface area contributed by atoms with Crippen LogP contribution in [0.4, 0.5) is 0 Å². The molecule has 1 aromatic rings. The summed E-state index contributed by atoms with van der Waals surface area (Å²) < 4.78 is 2.09. The lowest BCUT2D eigenvalue weighted by atomic mass is 9.94. The molecule has 2 rings (SSSR count). The maximum absolute atomic E-state index is 9.54. The summed E-state index contributed by atoms with van der Waals surface area (Å²) in [4.78, 5) is 4.17. The van der Waals surface area contributed by atoms with Crippen LogP contribution in [0.1, 0.15) is 50.8 Å². The van der Waals surface area contributed by atoms with Gasteiger partial charge in [-0.15, -0.1) is 0 Å². The van der Waals surface area contributed by atoms with Gasteiger partial charge in [0, 0.05) is 18.8 Å². The Morgan fingerprint density at radius 2 is 2.24 bits per heavy atom. The number of nitrogens with one attached hydrogen (secondary N) is 1. The molecule has 1 aliphatic carbocycles. The lowest BCUT2D eigenvalue weighted by molar-refractivity contribution is 0.215. The molecule has 0 radical (unpaired) electrons. The van der Waals surface area contributed by atoms with Gasteiger partial charge >= 0.3 is 0 Å². The van der Waals surface area contributed by atoms with Crippen molar-refractivity contribution in [2.75, 3.05) is 6.61 Å². The van der Waals surface area contributed by atoms with Gasteiger partial charge in [-0.3, -0.25) is 0 Å². The standard InChI is InChI=1S/C13H23N3O/c1-2-16-10-14-8-13(16)12(9-17)15-11-6-4-3-5-7-11/h8,10-12,15,17H,2-7,9H2,1H3. The molecule has 1 unspecified atom stereocenters. The van der Waals surface area contributed by atoms with Gasteiger partial charge in [0.05, 0.1) is 24.7 Å². The Balaban J connectivity index is 2.00. The number of hydrogen-bond donors (Lipinski definition) is 2. The van der Waals surface area contributed by atoms with E-state index < -0.39 is 0 Å². The van der Waals surface area contributed by atoms with E-state index in [2.05, 4.69) is 21.8 Å². The molecule has 2 N–H and O–H groups in total. The normalized spacial score (nSPS) is 19.4. The highest BCUT2D eigenvalue weighted by Crippen LogP contribution is 2.21. The lowest BCUT2D eigenvalue weighted by Crippen LogP contribution is -2.37. The number of aromatic nitrogens is 2. The fraction of sp³-hybridized carbons (Fsp3) is 0.769. The molecule has 0 saturated heterocycles. The summed E-state index contributed by atoms with van der Waals surface area (Å²) in [5, 5.41) is 13.1. The predicted octanol–water partition coefficient (Wildman–Crippen LogP) is 1.86. The second-order valence-electron chi connectivity index (χ2n) is 4.84. The number of rotatable bonds is 5. The zero-order valence-corrected chi connectivity index (χ0v) is 10.6. The minimum absolute atomic E-state index is 0.0283. The van der Waals surface area contributed by atoms with E-state index >= 15 is 0 Å². The third-order valence-corrected chi connectivity index (χ3v) is 3.67. The van der Waals surface area contributed by atoms with Crippen molar-refractivity contribution >= 4 is 0 Å². The molecule has 1 saturated carbocycles. The highest BCUT2D eigenvalue weighted by molar-refractivity contribution is 5.06. The van der Waals surface area contributed by atoms with E-state index in [9.17, 15) is 5.11 Å². The first-order valence-electron chi connectivity index (χ1n) is 6.72. The molecule has 0 aromatic carbocycles. The number of aryl methyl sites for hydroxylation is 1. The molecule has 1 atom stereocenters. The van der Waals surface area contributed by atoms with Crippen molar-refractivity contribution in [3.8, 4) is 0 Å². The van der Waals surface area contributed by atoms with Crippen LogP contribution in [0.5, 0.6) is 0 Å². The van der Waals surface area contributed by atoms with E-state index in [4.69, 9.17) is 0 Å². The molecule has 0 spiro atoms. The summed E-state index contributed by atoms with van der Waals surface area (Å²) in [5.74, 6) is 0. The van der Waals surface area contributed by atoms with Crippen molar-refractivity contribution in [1.82, 2.24) is 14.9 Å². The Kier molecular flexibility index (Phi) is 4.57. The van der Waals surface area contributed by atoms with Crippen molar-refractivity contribution in [3.05, 3.63) is 18.2 Å². The van der Waals surface area contributed by atoms with Gasteiger partial charge in [-0.25, -0.2) is 4.98 Å². The first-order chi connectivity index (χ1) is 8.35. The molecule has 1 heterocycles. The Labute approximate surface area is 103 Å². The summed E-state index contributed by atoms with van der Waals surface area (Å²) in [6.45, 7) is 3.14. The smallest absolute Gasteiger partial charge is 0.0948 e. The Morgan fingerprint density at radius 1 is 1.47 bits per heavy atom. The summed E-state index contributed by atoms with van der Waals surface area (Å²) in [6.07, 6.45) is 10.1. The zero-order valence-electron chi connectivity index (χ0n) is 10.6. The lowest BCUT2D eigenvalue weighted by Gasteiger charge is -2.28. The van der Waals surface area contributed by atoms with E-state index in [0.717, 1.165) is 12.2 Å². The van der Waals surface area contributed by atoms with E-state index in [0.29, 0.717) is 6.04 Å². The van der Waals surface area contributed by atoms with E-state index in [1.807, 2.05) is 12.5 Å². The number of hydrogen-bond acceptors (Lipinski definition) is 3. The molecule has 0 amide bonds. The van der Waals surface area contributed by atoms with Gasteiger partial charge in [-0.1, -0.05) is 19.3 Å². The Bertz CT molecular complexity index is 331. The molecule has 1 fully saturated rings. The van der Waals surface area contributed by atoms with Crippen LogP contribution in [0, 0.1) is 0 Å². The molecule has 1 aliphatic rings. The van der Waals surface area contributed by atoms with Crippen molar-refractivity contribution < 1.29 is 5.11 Å². The van der Waals surface area contributed by atoms with E-state index in [-0.39, 0.29) is 12.6 Å². The average molecular weight is 237 g/mol. The topological polar surface area (TPSA) is 50.1 Å². The van der Waals surface area contributed by atoms with Gasteiger partial charge in [0.25, 0.3) is 0 Å². The molecular formula is C13H23N3O. The number of nitrogens with zero attached hydrogens (tertiary/aromatic N) is 2. The average Bonchev–Trinajstić information content (AvgIpc) is 2.85. The third kappa shape index (κ3) is 3.07. The SMILES string of the molecule is CCn1cncc1C(CO)NC1CCCCC1. The summed E-state index contributed by atoms with van der Waals surface area (Å²) in [5.41, 5.74) is 1.10. The van der Waals surface area contributed by atoms with Crippen molar-refractivity contribution in [1.29, 1.82) is 0 Å². The summed E-state index contributed by atoms with van der Waals surface area (Å²) in [6, 6.07) is 0.585. The molecule has 4 heteroatoms. The quantitative estimate of drug-likeness (QED) is 0.822. The summed E-state index contributed by atoms with van der Waals surface area (Å²) >= 11 is 0. The minimum Gasteiger partial charge on any atom is -0.394 e. The van der Waals surface area contributed by atoms with Gasteiger partial charge in [-0.05, 0) is 19.8 Å². The second-order valence-corrected chi connectivity index (χ2v) is 4.84. The van der Waals surface area contributed by atoms with Crippen molar-refractivity contribution in [2.45, 2.75) is 57.7 Å². The fourth-order valence-corrected chi connectivity index (χ4v) is 2.67. The number of imidazole rings is 1. The van der Waals surface area contributed by atoms with Crippen LogP contribution in [0.2, 0.25) is 0 Å². The Morgan fingerprint density at radius 3 is 2.88 bits per heavy atom. The van der Waals surface area contributed by atoms with Gasteiger partial charge in [0.1, 0.15) is 0 Å². The van der Waals surface area contributed by atoms with Crippen LogP contribution in [-0.2, 0) is 6.54 Å². The van der Waals surface area contributed by atoms with Gasteiger partial charge in [0.2, 0.25) is 0 Å². The second kappa shape index (κ2) is 6.17. The van der Waals surface area contributed by atoms with Crippen LogP contribution >= 0.6 is 0 Å². The molecule has 0 aliphatic heterocycles. The number of aliphatic hydroxyl groups excluding tert-OH is 1. The monoisotopic (exact) mass is 237 g/mol. The fourth-order valence-electron chi connectivity index (χ4n) is 2.67.